The minimum absolute atomic E-state index is 0.0581. The third-order valence-corrected chi connectivity index (χ3v) is 8.79. The molecule has 2 aromatic rings. The van der Waals surface area contributed by atoms with E-state index in [1.165, 1.54) is 5.56 Å². The van der Waals surface area contributed by atoms with Gasteiger partial charge in [-0.05, 0) is 49.8 Å². The largest absolute Gasteiger partial charge is 0.462 e. The molecular weight excluding hydrogens is 519 g/mol. The predicted molar refractivity (Wildman–Crippen MR) is 146 cm³/mol. The van der Waals surface area contributed by atoms with Gasteiger partial charge in [-0.2, -0.15) is 15.2 Å². The molecule has 2 fully saturated rings. The summed E-state index contributed by atoms with van der Waals surface area (Å²) in [6.07, 6.45) is 3.26. The highest BCUT2D eigenvalue weighted by Gasteiger charge is 2.34. The maximum Gasteiger partial charge on any atom is 0.318 e. The van der Waals surface area contributed by atoms with Crippen molar-refractivity contribution >= 4 is 11.5 Å². The van der Waals surface area contributed by atoms with E-state index in [1.807, 2.05) is 6.07 Å². The quantitative estimate of drug-likeness (QED) is 0.532. The Morgan fingerprint density at radius 3 is 2.85 bits per heavy atom. The Kier molecular flexibility index (Phi) is 7.98. The topological polar surface area (TPSA) is 80.5 Å². The van der Waals surface area contributed by atoms with Crippen LogP contribution in [0.2, 0.25) is 0 Å². The second-order valence-electron chi connectivity index (χ2n) is 11.3. The smallest absolute Gasteiger partial charge is 0.318 e. The van der Waals surface area contributed by atoms with Crippen LogP contribution in [0.4, 0.5) is 24.7 Å². The third kappa shape index (κ3) is 5.70. The van der Waals surface area contributed by atoms with Gasteiger partial charge in [0.25, 0.3) is 6.43 Å². The number of nitrogens with zero attached hydrogens (tertiary/aromatic N) is 6. The zero-order valence-electron chi connectivity index (χ0n) is 22.7. The van der Waals surface area contributed by atoms with Crippen LogP contribution in [0.3, 0.4) is 0 Å². The maximum absolute atomic E-state index is 14.2. The fourth-order valence-electron chi connectivity index (χ4n) is 6.64. The standard InChI is InChI=1S/C29H36F3N7O/c30-20-4-3-19-2-1-11-39(26(19)14-20)22-5-6-24-25(15-22)35-29(40-18-23-8-12-37(23)17-27(31)32)36-28(24)38-13-10-34-21(16-38)7-9-33/h3-4,14,21-23,27,34H,1-2,5-8,10-13,15-18H2/t21-,22+,23-/m0/s1. The summed E-state index contributed by atoms with van der Waals surface area (Å²) in [6.45, 7) is 3.74. The van der Waals surface area contributed by atoms with Crippen LogP contribution >= 0.6 is 0 Å². The first-order valence-corrected chi connectivity index (χ1v) is 14.4. The van der Waals surface area contributed by atoms with Gasteiger partial charge in [0.15, 0.2) is 0 Å². The second kappa shape index (κ2) is 11.8. The third-order valence-electron chi connectivity index (χ3n) is 8.79. The van der Waals surface area contributed by atoms with Crippen molar-refractivity contribution in [2.45, 2.75) is 69.5 Å². The Morgan fingerprint density at radius 1 is 1.15 bits per heavy atom. The molecule has 3 aliphatic heterocycles. The summed E-state index contributed by atoms with van der Waals surface area (Å²) >= 11 is 0. The molecule has 11 heteroatoms. The number of ether oxygens (including phenoxy) is 1. The number of anilines is 2. The summed E-state index contributed by atoms with van der Waals surface area (Å²) in [6, 6.07) is 7.82. The number of nitriles is 1. The van der Waals surface area contributed by atoms with Gasteiger partial charge in [0.2, 0.25) is 0 Å². The van der Waals surface area contributed by atoms with Crippen molar-refractivity contribution in [2.75, 3.05) is 55.7 Å². The molecule has 0 saturated carbocycles. The lowest BCUT2D eigenvalue weighted by Crippen LogP contribution is -2.52. The number of benzene rings is 1. The summed E-state index contributed by atoms with van der Waals surface area (Å²) in [4.78, 5) is 16.0. The van der Waals surface area contributed by atoms with Gasteiger partial charge < -0.3 is 19.9 Å². The highest BCUT2D eigenvalue weighted by molar-refractivity contribution is 5.58. The summed E-state index contributed by atoms with van der Waals surface area (Å²) in [5.74, 6) is 0.635. The average Bonchev–Trinajstić information content (AvgIpc) is 2.94. The minimum atomic E-state index is -2.37. The minimum Gasteiger partial charge on any atom is -0.462 e. The van der Waals surface area contributed by atoms with Crippen LogP contribution in [-0.2, 0) is 19.3 Å². The second-order valence-corrected chi connectivity index (χ2v) is 11.3. The Balaban J connectivity index is 1.26. The van der Waals surface area contributed by atoms with Crippen molar-refractivity contribution in [1.82, 2.24) is 20.2 Å². The Morgan fingerprint density at radius 2 is 2.05 bits per heavy atom. The fraction of sp³-hybridized carbons (Fsp3) is 0.621. The Hall–Kier alpha value is -3.10. The van der Waals surface area contributed by atoms with Crippen LogP contribution in [-0.4, -0.2) is 85.3 Å². The first-order valence-electron chi connectivity index (χ1n) is 14.4. The molecule has 214 valence electrons. The van der Waals surface area contributed by atoms with Gasteiger partial charge in [-0.1, -0.05) is 6.07 Å². The number of fused-ring (bicyclic) bond motifs is 2. The monoisotopic (exact) mass is 555 g/mol. The lowest BCUT2D eigenvalue weighted by Gasteiger charge is -2.41. The molecule has 0 bridgehead atoms. The number of hydrogen-bond acceptors (Lipinski definition) is 8. The van der Waals surface area contributed by atoms with E-state index in [2.05, 4.69) is 21.2 Å². The van der Waals surface area contributed by atoms with E-state index in [0.29, 0.717) is 25.9 Å². The van der Waals surface area contributed by atoms with E-state index < -0.39 is 6.43 Å². The molecule has 8 nitrogen and oxygen atoms in total. The zero-order valence-corrected chi connectivity index (χ0v) is 22.7. The molecule has 0 amide bonds. The van der Waals surface area contributed by atoms with Gasteiger partial charge in [0, 0.05) is 68.5 Å². The number of alkyl halides is 2. The number of rotatable bonds is 8. The number of nitrogens with one attached hydrogen (secondary N) is 1. The van der Waals surface area contributed by atoms with Crippen molar-refractivity contribution in [2.24, 2.45) is 0 Å². The molecule has 6 rings (SSSR count). The first-order chi connectivity index (χ1) is 19.5. The van der Waals surface area contributed by atoms with E-state index >= 15 is 0 Å². The molecule has 4 aliphatic rings. The number of halogens is 3. The summed E-state index contributed by atoms with van der Waals surface area (Å²) in [5.41, 5.74) is 4.22. The first kappa shape index (κ1) is 27.1. The van der Waals surface area contributed by atoms with E-state index in [4.69, 9.17) is 14.7 Å². The predicted octanol–water partition coefficient (Wildman–Crippen LogP) is 3.34. The molecule has 1 aromatic carbocycles. The van der Waals surface area contributed by atoms with Crippen LogP contribution in [0, 0.1) is 17.1 Å². The molecule has 1 N–H and O–H groups in total. The van der Waals surface area contributed by atoms with E-state index in [0.717, 1.165) is 74.5 Å². The summed E-state index contributed by atoms with van der Waals surface area (Å²) < 4.78 is 46.1. The SMILES string of the molecule is N#CC[C@H]1CN(c2nc(OC[C@@H]3CCN3CC(F)F)nc3c2CC[C@@H](N2CCCc4ccc(F)cc42)C3)CCN1. The van der Waals surface area contributed by atoms with Gasteiger partial charge in [-0.3, -0.25) is 4.90 Å². The zero-order chi connectivity index (χ0) is 27.6. The van der Waals surface area contributed by atoms with E-state index in [9.17, 15) is 18.4 Å². The van der Waals surface area contributed by atoms with Crippen LogP contribution in [0.15, 0.2) is 18.2 Å². The van der Waals surface area contributed by atoms with Crippen molar-refractivity contribution in [1.29, 1.82) is 5.26 Å². The average molecular weight is 556 g/mol. The van der Waals surface area contributed by atoms with E-state index in [1.54, 1.807) is 17.0 Å². The highest BCUT2D eigenvalue weighted by Crippen LogP contribution is 2.37. The van der Waals surface area contributed by atoms with Crippen molar-refractivity contribution in [3.05, 3.63) is 40.8 Å². The molecule has 1 aromatic heterocycles. The fourth-order valence-corrected chi connectivity index (χ4v) is 6.64. The Labute approximate surface area is 233 Å². The van der Waals surface area contributed by atoms with Gasteiger partial charge >= 0.3 is 6.01 Å². The maximum atomic E-state index is 14.2. The summed E-state index contributed by atoms with van der Waals surface area (Å²) in [7, 11) is 0. The van der Waals surface area contributed by atoms with Gasteiger partial charge in [-0.25, -0.2) is 13.2 Å². The highest BCUT2D eigenvalue weighted by atomic mass is 19.3. The number of piperazine rings is 1. The van der Waals surface area contributed by atoms with Crippen molar-refractivity contribution in [3.63, 3.8) is 0 Å². The molecule has 0 radical (unpaired) electrons. The van der Waals surface area contributed by atoms with Crippen molar-refractivity contribution < 1.29 is 17.9 Å². The molecule has 3 atom stereocenters. The normalized spacial score (nSPS) is 24.7. The van der Waals surface area contributed by atoms with Gasteiger partial charge in [0.1, 0.15) is 18.2 Å². The Bertz CT molecular complexity index is 1250. The number of aromatic nitrogens is 2. The number of aryl methyl sites for hydroxylation is 1. The van der Waals surface area contributed by atoms with Crippen LogP contribution < -0.4 is 19.9 Å². The molecule has 1 aliphatic carbocycles. The van der Waals surface area contributed by atoms with Crippen LogP contribution in [0.5, 0.6) is 6.01 Å². The molecule has 0 unspecified atom stereocenters. The molecule has 0 spiro atoms. The molecule has 4 heterocycles. The lowest BCUT2D eigenvalue weighted by atomic mass is 9.88. The lowest BCUT2D eigenvalue weighted by molar-refractivity contribution is -0.00341. The summed E-state index contributed by atoms with van der Waals surface area (Å²) in [5, 5.41) is 12.7. The molecular formula is C29H36F3N7O. The molecule has 40 heavy (non-hydrogen) atoms. The van der Waals surface area contributed by atoms with Crippen LogP contribution in [0.1, 0.15) is 42.5 Å². The van der Waals surface area contributed by atoms with Crippen molar-refractivity contribution in [3.8, 4) is 12.1 Å². The van der Waals surface area contributed by atoms with Crippen LogP contribution in [0.25, 0.3) is 0 Å². The molecule has 2 saturated heterocycles. The number of likely N-dealkylation sites (tertiary alicyclic amines) is 1. The van der Waals surface area contributed by atoms with E-state index in [-0.39, 0.29) is 43.1 Å². The number of hydrogen-bond donors (Lipinski definition) is 1. The van der Waals surface area contributed by atoms with Gasteiger partial charge in [-0.15, -0.1) is 0 Å². The van der Waals surface area contributed by atoms with Gasteiger partial charge in [0.05, 0.1) is 24.7 Å².